The largest absolute Gasteiger partial charge is 0.481 e. The molecule has 1 aliphatic rings. The molecule has 0 bridgehead atoms. The Balaban J connectivity index is 2.04. The third kappa shape index (κ3) is 4.99. The summed E-state index contributed by atoms with van der Waals surface area (Å²) in [5.74, 6) is -0.252. The Kier molecular flexibility index (Phi) is 6.67. The Labute approximate surface area is 150 Å². The van der Waals surface area contributed by atoms with E-state index in [9.17, 15) is 22.8 Å². The van der Waals surface area contributed by atoms with E-state index in [4.69, 9.17) is 5.11 Å². The average Bonchev–Trinajstić information content (AvgIpc) is 2.58. The van der Waals surface area contributed by atoms with Gasteiger partial charge >= 0.3 is 12.1 Å². The summed E-state index contributed by atoms with van der Waals surface area (Å²) in [4.78, 5) is 22.2. The molecule has 2 rings (SSSR count). The molecule has 1 aromatic rings. The minimum Gasteiger partial charge on any atom is -0.481 e. The van der Waals surface area contributed by atoms with Crippen molar-refractivity contribution in [1.82, 2.24) is 0 Å². The predicted octanol–water partition coefficient (Wildman–Crippen LogP) is 4.77. The fourth-order valence-electron chi connectivity index (χ4n) is 3.74. The summed E-state index contributed by atoms with van der Waals surface area (Å²) in [5.41, 5.74) is -0.246. The van der Waals surface area contributed by atoms with Crippen molar-refractivity contribution < 1.29 is 27.9 Å². The summed E-state index contributed by atoms with van der Waals surface area (Å²) < 4.78 is 39.3. The van der Waals surface area contributed by atoms with Crippen LogP contribution in [0.15, 0.2) is 12.1 Å². The second-order valence-corrected chi connectivity index (χ2v) is 6.89. The predicted molar refractivity (Wildman–Crippen MR) is 92.4 cm³/mol. The average molecular weight is 371 g/mol. The van der Waals surface area contributed by atoms with Gasteiger partial charge < -0.3 is 10.4 Å². The Morgan fingerprint density at radius 3 is 2.35 bits per heavy atom. The summed E-state index contributed by atoms with van der Waals surface area (Å²) in [6.07, 6.45) is -0.249. The van der Waals surface area contributed by atoms with E-state index in [1.165, 1.54) is 6.07 Å². The number of benzene rings is 1. The molecule has 1 saturated carbocycles. The molecule has 26 heavy (non-hydrogen) atoms. The van der Waals surface area contributed by atoms with Gasteiger partial charge in [-0.05, 0) is 61.6 Å². The summed E-state index contributed by atoms with van der Waals surface area (Å²) in [6, 6.07) is 2.35. The van der Waals surface area contributed by atoms with Crippen LogP contribution < -0.4 is 5.32 Å². The number of alkyl halides is 3. The monoisotopic (exact) mass is 371 g/mol. The van der Waals surface area contributed by atoms with Gasteiger partial charge in [-0.25, -0.2) is 0 Å². The number of nitrogens with one attached hydrogen (secondary N) is 1. The van der Waals surface area contributed by atoms with Gasteiger partial charge in [0.2, 0.25) is 0 Å². The second kappa shape index (κ2) is 8.56. The quantitative estimate of drug-likeness (QED) is 0.678. The zero-order chi connectivity index (χ0) is 19.3. The van der Waals surface area contributed by atoms with Gasteiger partial charge in [0.15, 0.2) is 6.29 Å². The number of carboxylic acids is 1. The highest BCUT2D eigenvalue weighted by Crippen LogP contribution is 2.36. The molecule has 0 unspecified atom stereocenters. The Morgan fingerprint density at radius 1 is 1.23 bits per heavy atom. The van der Waals surface area contributed by atoms with E-state index in [0.29, 0.717) is 24.4 Å². The number of carbonyl (C=O) groups excluding carboxylic acids is 1. The van der Waals surface area contributed by atoms with Crippen LogP contribution in [0.4, 0.5) is 18.9 Å². The number of anilines is 1. The number of aliphatic carboxylic acids is 1. The van der Waals surface area contributed by atoms with Crippen LogP contribution in [0.3, 0.4) is 0 Å². The van der Waals surface area contributed by atoms with E-state index in [2.05, 4.69) is 5.32 Å². The third-order valence-corrected chi connectivity index (χ3v) is 5.14. The molecule has 2 N–H and O–H groups in total. The van der Waals surface area contributed by atoms with Crippen LogP contribution in [0.5, 0.6) is 0 Å². The Morgan fingerprint density at radius 2 is 1.85 bits per heavy atom. The molecule has 7 heteroatoms. The van der Waals surface area contributed by atoms with Gasteiger partial charge in [-0.2, -0.15) is 13.2 Å². The van der Waals surface area contributed by atoms with Crippen LogP contribution >= 0.6 is 0 Å². The number of carboxylic acid groups (broad SMARTS) is 1. The van der Waals surface area contributed by atoms with Crippen LogP contribution in [0.2, 0.25) is 0 Å². The number of rotatable bonds is 7. The van der Waals surface area contributed by atoms with Crippen LogP contribution in [0.1, 0.15) is 60.5 Å². The molecule has 144 valence electrons. The van der Waals surface area contributed by atoms with Crippen LogP contribution in [-0.4, -0.2) is 23.9 Å². The van der Waals surface area contributed by atoms with Gasteiger partial charge in [-0.1, -0.05) is 6.92 Å². The van der Waals surface area contributed by atoms with Crippen LogP contribution in [0, 0.1) is 11.8 Å². The Hall–Kier alpha value is -2.05. The van der Waals surface area contributed by atoms with E-state index in [0.717, 1.165) is 31.7 Å². The highest BCUT2D eigenvalue weighted by molar-refractivity contribution is 5.87. The number of hydrogen-bond acceptors (Lipinski definition) is 3. The molecule has 1 aliphatic carbocycles. The lowest BCUT2D eigenvalue weighted by molar-refractivity contribution is -0.139. The van der Waals surface area contributed by atoms with E-state index >= 15 is 0 Å². The lowest BCUT2D eigenvalue weighted by atomic mass is 9.80. The molecule has 0 aliphatic heterocycles. The van der Waals surface area contributed by atoms with Gasteiger partial charge in [0.1, 0.15) is 0 Å². The lowest BCUT2D eigenvalue weighted by Crippen LogP contribution is -2.23. The maximum Gasteiger partial charge on any atom is 0.416 e. The van der Waals surface area contributed by atoms with E-state index in [1.807, 2.05) is 0 Å². The zero-order valence-corrected chi connectivity index (χ0v) is 14.7. The fourth-order valence-corrected chi connectivity index (χ4v) is 3.74. The van der Waals surface area contributed by atoms with E-state index < -0.39 is 17.7 Å². The van der Waals surface area contributed by atoms with Crippen molar-refractivity contribution in [3.63, 3.8) is 0 Å². The van der Waals surface area contributed by atoms with Crippen molar-refractivity contribution >= 4 is 17.9 Å². The second-order valence-electron chi connectivity index (χ2n) is 6.89. The SMILES string of the molecule is CCc1c(C(F)(F)F)ccc(NCC2CCC(CC(=O)O)CC2)c1C=O. The summed E-state index contributed by atoms with van der Waals surface area (Å²) in [5, 5.41) is 12.0. The van der Waals surface area contributed by atoms with Crippen molar-refractivity contribution in [2.75, 3.05) is 11.9 Å². The van der Waals surface area contributed by atoms with Crippen molar-refractivity contribution in [2.24, 2.45) is 11.8 Å². The molecule has 1 fully saturated rings. The van der Waals surface area contributed by atoms with Crippen molar-refractivity contribution in [3.8, 4) is 0 Å². The third-order valence-electron chi connectivity index (χ3n) is 5.14. The topological polar surface area (TPSA) is 66.4 Å². The van der Waals surface area contributed by atoms with Crippen molar-refractivity contribution in [1.29, 1.82) is 0 Å². The molecule has 0 spiro atoms. The molecular formula is C19H24F3NO3. The maximum absolute atomic E-state index is 13.1. The minimum absolute atomic E-state index is 0.0164. The molecule has 0 saturated heterocycles. The van der Waals surface area contributed by atoms with Crippen LogP contribution in [0.25, 0.3) is 0 Å². The van der Waals surface area contributed by atoms with E-state index in [-0.39, 0.29) is 29.9 Å². The fraction of sp³-hybridized carbons (Fsp3) is 0.579. The minimum atomic E-state index is -4.48. The van der Waals surface area contributed by atoms with Crippen molar-refractivity contribution in [3.05, 3.63) is 28.8 Å². The molecular weight excluding hydrogens is 347 g/mol. The molecule has 0 radical (unpaired) electrons. The van der Waals surface area contributed by atoms with Crippen LogP contribution in [-0.2, 0) is 17.4 Å². The first kappa shape index (κ1) is 20.3. The first-order valence-electron chi connectivity index (χ1n) is 8.90. The number of halogens is 3. The number of aldehydes is 1. The highest BCUT2D eigenvalue weighted by atomic mass is 19.4. The zero-order valence-electron chi connectivity index (χ0n) is 14.7. The molecule has 4 nitrogen and oxygen atoms in total. The van der Waals surface area contributed by atoms with Crippen molar-refractivity contribution in [2.45, 2.75) is 51.6 Å². The number of carbonyl (C=O) groups is 2. The van der Waals surface area contributed by atoms with Gasteiger partial charge in [0, 0.05) is 24.2 Å². The van der Waals surface area contributed by atoms with Gasteiger partial charge in [0.05, 0.1) is 5.56 Å². The molecule has 0 aromatic heterocycles. The Bertz CT molecular complexity index is 650. The molecule has 1 aromatic carbocycles. The first-order valence-corrected chi connectivity index (χ1v) is 8.90. The summed E-state index contributed by atoms with van der Waals surface area (Å²) in [6.45, 7) is 2.17. The van der Waals surface area contributed by atoms with Gasteiger partial charge in [-0.15, -0.1) is 0 Å². The molecule has 0 amide bonds. The normalized spacial score (nSPS) is 20.6. The van der Waals surface area contributed by atoms with Gasteiger partial charge in [-0.3, -0.25) is 9.59 Å². The molecule has 0 heterocycles. The van der Waals surface area contributed by atoms with E-state index in [1.54, 1.807) is 6.92 Å². The maximum atomic E-state index is 13.1. The smallest absolute Gasteiger partial charge is 0.416 e. The number of hydrogen-bond donors (Lipinski definition) is 2. The highest BCUT2D eigenvalue weighted by Gasteiger charge is 2.34. The van der Waals surface area contributed by atoms with Gasteiger partial charge in [0.25, 0.3) is 0 Å². The standard InChI is InChI=1S/C19H24F3NO3/c1-2-14-15(11-24)17(8-7-16(14)19(20,21)22)23-10-13-5-3-12(4-6-13)9-18(25)26/h7-8,11-13,23H,2-6,9-10H2,1H3,(H,25,26). The summed E-state index contributed by atoms with van der Waals surface area (Å²) >= 11 is 0. The summed E-state index contributed by atoms with van der Waals surface area (Å²) in [7, 11) is 0. The first-order chi connectivity index (χ1) is 12.3. The molecule has 0 atom stereocenters. The lowest BCUT2D eigenvalue weighted by Gasteiger charge is -2.28.